The molecule has 1 saturated heterocycles. The van der Waals surface area contributed by atoms with Crippen molar-refractivity contribution in [3.8, 4) is 0 Å². The number of benzene rings is 1. The number of nitrogens with zero attached hydrogens (tertiary/aromatic N) is 1. The standard InChI is InChI=1S/C15H23BrN2OS/c1-12-11-18(6-8-20-12)15-9-14(16)4-3-13(15)10-17-5-7-19-2/h3-4,9,12,17H,5-8,10-11H2,1-2H3. The minimum Gasteiger partial charge on any atom is -0.383 e. The first-order chi connectivity index (χ1) is 9.70. The highest BCUT2D eigenvalue weighted by atomic mass is 79.9. The summed E-state index contributed by atoms with van der Waals surface area (Å²) in [6.45, 7) is 7.11. The SMILES string of the molecule is COCCNCc1ccc(Br)cc1N1CCSC(C)C1. The van der Waals surface area contributed by atoms with Crippen molar-refractivity contribution in [2.24, 2.45) is 0 Å². The smallest absolute Gasteiger partial charge is 0.0587 e. The summed E-state index contributed by atoms with van der Waals surface area (Å²) in [5.41, 5.74) is 2.72. The number of ether oxygens (including phenoxy) is 1. The van der Waals surface area contributed by atoms with Crippen LogP contribution in [0.1, 0.15) is 12.5 Å². The number of anilines is 1. The maximum absolute atomic E-state index is 5.08. The van der Waals surface area contributed by atoms with Gasteiger partial charge in [-0.3, -0.25) is 0 Å². The van der Waals surface area contributed by atoms with Gasteiger partial charge in [-0.15, -0.1) is 0 Å². The van der Waals surface area contributed by atoms with Crippen molar-refractivity contribution in [3.63, 3.8) is 0 Å². The van der Waals surface area contributed by atoms with Crippen molar-refractivity contribution in [3.05, 3.63) is 28.2 Å². The Labute approximate surface area is 134 Å². The molecule has 1 aliphatic rings. The maximum atomic E-state index is 5.08. The number of methoxy groups -OCH3 is 1. The highest BCUT2D eigenvalue weighted by Gasteiger charge is 2.19. The second-order valence-electron chi connectivity index (χ2n) is 5.07. The molecule has 1 aromatic rings. The molecule has 3 nitrogen and oxygen atoms in total. The molecule has 112 valence electrons. The zero-order valence-corrected chi connectivity index (χ0v) is 14.6. The number of nitrogens with one attached hydrogen (secondary N) is 1. The van der Waals surface area contributed by atoms with Crippen molar-refractivity contribution in [1.29, 1.82) is 0 Å². The second kappa shape index (κ2) is 8.27. The van der Waals surface area contributed by atoms with Crippen LogP contribution < -0.4 is 10.2 Å². The zero-order chi connectivity index (χ0) is 14.4. The van der Waals surface area contributed by atoms with Gasteiger partial charge in [0, 0.05) is 54.5 Å². The van der Waals surface area contributed by atoms with Crippen LogP contribution in [0.4, 0.5) is 5.69 Å². The van der Waals surface area contributed by atoms with Gasteiger partial charge in [0.05, 0.1) is 6.61 Å². The third kappa shape index (κ3) is 4.65. The molecule has 0 aliphatic carbocycles. The van der Waals surface area contributed by atoms with E-state index in [1.807, 2.05) is 0 Å². The second-order valence-corrected chi connectivity index (χ2v) is 7.53. The number of rotatable bonds is 6. The van der Waals surface area contributed by atoms with Gasteiger partial charge in [-0.2, -0.15) is 11.8 Å². The highest BCUT2D eigenvalue weighted by Crippen LogP contribution is 2.29. The summed E-state index contributed by atoms with van der Waals surface area (Å²) in [7, 11) is 1.74. The van der Waals surface area contributed by atoms with Crippen molar-refractivity contribution in [1.82, 2.24) is 5.32 Å². The first-order valence-electron chi connectivity index (χ1n) is 7.05. The van der Waals surface area contributed by atoms with Gasteiger partial charge in [0.15, 0.2) is 0 Å². The van der Waals surface area contributed by atoms with Gasteiger partial charge in [-0.05, 0) is 17.7 Å². The van der Waals surface area contributed by atoms with Crippen LogP contribution in [-0.4, -0.2) is 44.4 Å². The molecule has 0 saturated carbocycles. The van der Waals surface area contributed by atoms with Crippen LogP contribution in [0.5, 0.6) is 0 Å². The Hall–Kier alpha value is -0.230. The lowest BCUT2D eigenvalue weighted by atomic mass is 10.1. The number of halogens is 1. The average Bonchev–Trinajstić information content (AvgIpc) is 2.45. The van der Waals surface area contributed by atoms with Crippen LogP contribution in [0.3, 0.4) is 0 Å². The van der Waals surface area contributed by atoms with Gasteiger partial charge < -0.3 is 15.0 Å². The van der Waals surface area contributed by atoms with Gasteiger partial charge in [0.25, 0.3) is 0 Å². The van der Waals surface area contributed by atoms with Gasteiger partial charge in [0.2, 0.25) is 0 Å². The molecule has 1 fully saturated rings. The van der Waals surface area contributed by atoms with E-state index >= 15 is 0 Å². The Bertz CT molecular complexity index is 430. The molecule has 0 radical (unpaired) electrons. The summed E-state index contributed by atoms with van der Waals surface area (Å²) in [5.74, 6) is 1.21. The summed E-state index contributed by atoms with van der Waals surface area (Å²) in [6, 6.07) is 6.58. The van der Waals surface area contributed by atoms with Crippen LogP contribution in [-0.2, 0) is 11.3 Å². The molecule has 20 heavy (non-hydrogen) atoms. The largest absolute Gasteiger partial charge is 0.383 e. The van der Waals surface area contributed by atoms with Crippen molar-refractivity contribution < 1.29 is 4.74 Å². The predicted octanol–water partition coefficient (Wildman–Crippen LogP) is 3.13. The van der Waals surface area contributed by atoms with Crippen LogP contribution in [0.25, 0.3) is 0 Å². The number of hydrogen-bond donors (Lipinski definition) is 1. The van der Waals surface area contributed by atoms with E-state index in [4.69, 9.17) is 4.74 Å². The van der Waals surface area contributed by atoms with Crippen LogP contribution >= 0.6 is 27.7 Å². The first kappa shape index (κ1) is 16.1. The summed E-state index contributed by atoms with van der Waals surface area (Å²) >= 11 is 5.66. The van der Waals surface area contributed by atoms with Gasteiger partial charge >= 0.3 is 0 Å². The third-order valence-electron chi connectivity index (χ3n) is 3.43. The van der Waals surface area contributed by atoms with Gasteiger partial charge in [-0.25, -0.2) is 0 Å². The number of hydrogen-bond acceptors (Lipinski definition) is 4. The maximum Gasteiger partial charge on any atom is 0.0587 e. The lowest BCUT2D eigenvalue weighted by Gasteiger charge is -2.34. The molecular weight excluding hydrogens is 336 g/mol. The topological polar surface area (TPSA) is 24.5 Å². The zero-order valence-electron chi connectivity index (χ0n) is 12.2. The van der Waals surface area contributed by atoms with Gasteiger partial charge in [-0.1, -0.05) is 28.9 Å². The molecule has 0 aromatic heterocycles. The quantitative estimate of drug-likeness (QED) is 0.789. The van der Waals surface area contributed by atoms with Crippen molar-refractivity contribution in [2.45, 2.75) is 18.7 Å². The Morgan fingerprint density at radius 1 is 1.50 bits per heavy atom. The summed E-state index contributed by atoms with van der Waals surface area (Å²) in [4.78, 5) is 2.51. The van der Waals surface area contributed by atoms with Crippen molar-refractivity contribution in [2.75, 3.05) is 44.0 Å². The first-order valence-corrected chi connectivity index (χ1v) is 8.89. The van der Waals surface area contributed by atoms with E-state index < -0.39 is 0 Å². The molecule has 1 heterocycles. The van der Waals surface area contributed by atoms with E-state index in [0.717, 1.165) is 37.3 Å². The van der Waals surface area contributed by atoms with Crippen LogP contribution in [0.2, 0.25) is 0 Å². The van der Waals surface area contributed by atoms with Crippen LogP contribution in [0.15, 0.2) is 22.7 Å². The van der Waals surface area contributed by atoms with E-state index in [9.17, 15) is 0 Å². The average molecular weight is 359 g/mol. The lowest BCUT2D eigenvalue weighted by molar-refractivity contribution is 0.199. The highest BCUT2D eigenvalue weighted by molar-refractivity contribution is 9.10. The van der Waals surface area contributed by atoms with E-state index in [1.165, 1.54) is 17.0 Å². The molecule has 1 aliphatic heterocycles. The molecular formula is C15H23BrN2OS. The van der Waals surface area contributed by atoms with E-state index in [-0.39, 0.29) is 0 Å². The fraction of sp³-hybridized carbons (Fsp3) is 0.600. The molecule has 0 spiro atoms. The fourth-order valence-electron chi connectivity index (χ4n) is 2.42. The third-order valence-corrected chi connectivity index (χ3v) is 5.06. The molecule has 1 atom stereocenters. The molecule has 5 heteroatoms. The molecule has 0 bridgehead atoms. The van der Waals surface area contributed by atoms with E-state index in [0.29, 0.717) is 5.25 Å². The molecule has 0 amide bonds. The predicted molar refractivity (Wildman–Crippen MR) is 91.9 cm³/mol. The Morgan fingerprint density at radius 2 is 2.35 bits per heavy atom. The molecule has 1 aromatic carbocycles. The van der Waals surface area contributed by atoms with Crippen molar-refractivity contribution >= 4 is 33.4 Å². The summed E-state index contributed by atoms with van der Waals surface area (Å²) in [6.07, 6.45) is 0. The Kier molecular flexibility index (Phi) is 6.68. The summed E-state index contributed by atoms with van der Waals surface area (Å²) < 4.78 is 6.23. The molecule has 2 rings (SSSR count). The van der Waals surface area contributed by atoms with Crippen LogP contribution in [0, 0.1) is 0 Å². The molecule has 1 N–H and O–H groups in total. The summed E-state index contributed by atoms with van der Waals surface area (Å²) in [5, 5.41) is 4.15. The van der Waals surface area contributed by atoms with E-state index in [1.54, 1.807) is 7.11 Å². The monoisotopic (exact) mass is 358 g/mol. The minimum atomic E-state index is 0.706. The molecule has 1 unspecified atom stereocenters. The fourth-order valence-corrected chi connectivity index (χ4v) is 3.78. The van der Waals surface area contributed by atoms with E-state index in [2.05, 4.69) is 63.0 Å². The van der Waals surface area contributed by atoms with Gasteiger partial charge in [0.1, 0.15) is 0 Å². The minimum absolute atomic E-state index is 0.706. The lowest BCUT2D eigenvalue weighted by Crippen LogP contribution is -2.37. The Balaban J connectivity index is 2.06. The normalized spacial score (nSPS) is 19.4. The Morgan fingerprint density at radius 3 is 3.10 bits per heavy atom. The number of thioether (sulfide) groups is 1.